The van der Waals surface area contributed by atoms with Crippen LogP contribution < -0.4 is 0 Å². The van der Waals surface area contributed by atoms with E-state index >= 15 is 0 Å². The van der Waals surface area contributed by atoms with Gasteiger partial charge in [0.2, 0.25) is 0 Å². The molecule has 0 amide bonds. The molecule has 0 saturated heterocycles. The maximum absolute atomic E-state index is 11.7. The Morgan fingerprint density at radius 2 is 1.68 bits per heavy atom. The maximum atomic E-state index is 11.7. The van der Waals surface area contributed by atoms with Crippen LogP contribution in [0.5, 0.6) is 0 Å². The molecular formula is C12H22O5S2. The van der Waals surface area contributed by atoms with E-state index in [0.29, 0.717) is 0 Å². The van der Waals surface area contributed by atoms with E-state index in [2.05, 4.69) is 13.2 Å². The third-order valence-electron chi connectivity index (χ3n) is 2.33. The van der Waals surface area contributed by atoms with Crippen molar-refractivity contribution in [3.8, 4) is 0 Å². The van der Waals surface area contributed by atoms with Crippen molar-refractivity contribution < 1.29 is 21.5 Å². The summed E-state index contributed by atoms with van der Waals surface area (Å²) in [6.45, 7) is 13.3. The summed E-state index contributed by atoms with van der Waals surface area (Å²) in [5.74, 6) is 0. The summed E-state index contributed by atoms with van der Waals surface area (Å²) >= 11 is -1.59. The van der Waals surface area contributed by atoms with Crippen LogP contribution in [0.25, 0.3) is 0 Å². The topological polar surface area (TPSA) is 69.7 Å². The van der Waals surface area contributed by atoms with Crippen molar-refractivity contribution in [2.24, 2.45) is 0 Å². The molecule has 0 heterocycles. The van der Waals surface area contributed by atoms with Gasteiger partial charge in [0, 0.05) is 10.8 Å². The zero-order chi connectivity index (χ0) is 15.3. The molecule has 0 saturated carbocycles. The van der Waals surface area contributed by atoms with E-state index in [9.17, 15) is 12.6 Å². The summed E-state index contributed by atoms with van der Waals surface area (Å²) in [5.41, 5.74) is -0.799. The summed E-state index contributed by atoms with van der Waals surface area (Å²) in [4.78, 5) is 0. The van der Waals surface area contributed by atoms with Crippen LogP contribution in [0.15, 0.2) is 24.0 Å². The second-order valence-electron chi connectivity index (χ2n) is 5.23. The molecule has 5 nitrogen and oxygen atoms in total. The molecule has 0 aliphatic rings. The fourth-order valence-corrected chi connectivity index (χ4v) is 2.39. The molecule has 1 atom stereocenters. The van der Waals surface area contributed by atoms with Gasteiger partial charge in [-0.2, -0.15) is 0 Å². The summed E-state index contributed by atoms with van der Waals surface area (Å²) in [7, 11) is -3.42. The third-order valence-corrected chi connectivity index (χ3v) is 5.32. The fraction of sp³-hybridized carbons (Fsp3) is 0.667. The van der Waals surface area contributed by atoms with Crippen molar-refractivity contribution in [2.75, 3.05) is 13.2 Å². The van der Waals surface area contributed by atoms with Gasteiger partial charge in [-0.15, -0.1) is 0 Å². The third kappa shape index (κ3) is 5.99. The second kappa shape index (κ2) is 6.78. The summed E-state index contributed by atoms with van der Waals surface area (Å²) in [5, 5.41) is 2.10. The van der Waals surface area contributed by atoms with Crippen molar-refractivity contribution in [1.82, 2.24) is 0 Å². The van der Waals surface area contributed by atoms with Gasteiger partial charge in [0.15, 0.2) is 20.9 Å². The highest BCUT2D eigenvalue weighted by molar-refractivity contribution is 7.95. The molecule has 0 spiro atoms. The lowest BCUT2D eigenvalue weighted by molar-refractivity contribution is -0.000237. The Labute approximate surface area is 118 Å². The van der Waals surface area contributed by atoms with Crippen molar-refractivity contribution in [2.45, 2.75) is 38.0 Å². The maximum Gasteiger partial charge on any atom is 0.181 e. The number of ether oxygens (including phenoxy) is 1. The van der Waals surface area contributed by atoms with Gasteiger partial charge in [-0.3, -0.25) is 4.18 Å². The lowest BCUT2D eigenvalue weighted by Crippen LogP contribution is -2.39. The van der Waals surface area contributed by atoms with Crippen LogP contribution in [0.1, 0.15) is 27.7 Å². The predicted octanol–water partition coefficient (Wildman–Crippen LogP) is 1.94. The van der Waals surface area contributed by atoms with E-state index in [1.165, 1.54) is 5.41 Å². The first-order valence-electron chi connectivity index (χ1n) is 5.65. The standard InChI is InChI=1S/C12H22O5S2/c1-7-18(13)17-11(3,4)9-16-10-12(5,6)19(14,15)8-2/h7-8H,1-2,9-10H2,3-6H3. The summed E-state index contributed by atoms with van der Waals surface area (Å²) in [6, 6.07) is 0. The van der Waals surface area contributed by atoms with E-state index in [1.54, 1.807) is 27.7 Å². The first-order valence-corrected chi connectivity index (χ1v) is 8.33. The molecule has 7 heteroatoms. The van der Waals surface area contributed by atoms with Crippen LogP contribution in [0.3, 0.4) is 0 Å². The molecule has 0 aliphatic carbocycles. The first-order chi connectivity index (χ1) is 8.47. The molecule has 0 aromatic carbocycles. The Morgan fingerprint density at radius 1 is 1.16 bits per heavy atom. The van der Waals surface area contributed by atoms with Gasteiger partial charge >= 0.3 is 0 Å². The number of sulfone groups is 1. The van der Waals surface area contributed by atoms with Crippen molar-refractivity contribution >= 4 is 20.9 Å². The SMILES string of the molecule is C=CS(=O)OC(C)(C)COCC(C)(C)S(=O)(=O)C=C. The zero-order valence-corrected chi connectivity index (χ0v) is 13.5. The molecule has 0 rings (SSSR count). The number of hydrogen-bond acceptors (Lipinski definition) is 5. The monoisotopic (exact) mass is 310 g/mol. The predicted molar refractivity (Wildman–Crippen MR) is 77.5 cm³/mol. The van der Waals surface area contributed by atoms with E-state index in [4.69, 9.17) is 8.92 Å². The Morgan fingerprint density at radius 3 is 2.11 bits per heavy atom. The average Bonchev–Trinajstić information content (AvgIpc) is 2.27. The van der Waals surface area contributed by atoms with Gasteiger partial charge in [-0.1, -0.05) is 13.2 Å². The highest BCUT2D eigenvalue weighted by Gasteiger charge is 2.33. The van der Waals surface area contributed by atoms with Gasteiger partial charge in [-0.25, -0.2) is 12.6 Å². The fourth-order valence-electron chi connectivity index (χ4n) is 1.13. The summed E-state index contributed by atoms with van der Waals surface area (Å²) in [6.07, 6.45) is 0. The molecule has 0 fully saturated rings. The lowest BCUT2D eigenvalue weighted by Gasteiger charge is -2.27. The molecule has 0 radical (unpaired) electrons. The van der Waals surface area contributed by atoms with Crippen LogP contribution in [0.2, 0.25) is 0 Å². The van der Waals surface area contributed by atoms with E-state index in [1.807, 2.05) is 0 Å². The van der Waals surface area contributed by atoms with Gasteiger partial charge in [0.1, 0.15) is 5.60 Å². The smallest absolute Gasteiger partial charge is 0.181 e. The molecule has 19 heavy (non-hydrogen) atoms. The quantitative estimate of drug-likeness (QED) is 0.651. The normalized spacial score (nSPS) is 14.9. The van der Waals surface area contributed by atoms with E-state index in [-0.39, 0.29) is 13.2 Å². The minimum atomic E-state index is -3.42. The molecule has 1 unspecified atom stereocenters. The van der Waals surface area contributed by atoms with Crippen molar-refractivity contribution in [3.63, 3.8) is 0 Å². The largest absolute Gasteiger partial charge is 0.377 e. The summed E-state index contributed by atoms with van der Waals surface area (Å²) < 4.78 is 44.1. The highest BCUT2D eigenvalue weighted by atomic mass is 32.2. The van der Waals surface area contributed by atoms with Gasteiger partial charge in [0.05, 0.1) is 18.0 Å². The Kier molecular flexibility index (Phi) is 6.61. The Hall–Kier alpha value is -0.500. The molecule has 112 valence electrons. The molecule has 0 bridgehead atoms. The van der Waals surface area contributed by atoms with Crippen LogP contribution in [-0.4, -0.2) is 36.2 Å². The average molecular weight is 310 g/mol. The van der Waals surface area contributed by atoms with Gasteiger partial charge in [-0.05, 0) is 27.7 Å². The minimum absolute atomic E-state index is 0.00509. The number of rotatable bonds is 9. The Balaban J connectivity index is 4.48. The minimum Gasteiger partial charge on any atom is -0.377 e. The van der Waals surface area contributed by atoms with E-state index in [0.717, 1.165) is 5.41 Å². The second-order valence-corrected chi connectivity index (χ2v) is 8.78. The van der Waals surface area contributed by atoms with Crippen molar-refractivity contribution in [1.29, 1.82) is 0 Å². The number of hydrogen-bond donors (Lipinski definition) is 0. The van der Waals surface area contributed by atoms with Crippen LogP contribution in [0.4, 0.5) is 0 Å². The molecule has 0 aliphatic heterocycles. The molecule has 0 aromatic heterocycles. The van der Waals surface area contributed by atoms with Crippen LogP contribution >= 0.6 is 0 Å². The van der Waals surface area contributed by atoms with Gasteiger partial charge in [0.25, 0.3) is 0 Å². The van der Waals surface area contributed by atoms with Gasteiger partial charge < -0.3 is 4.74 Å². The van der Waals surface area contributed by atoms with Crippen molar-refractivity contribution in [3.05, 3.63) is 24.0 Å². The van der Waals surface area contributed by atoms with E-state index < -0.39 is 31.3 Å². The lowest BCUT2D eigenvalue weighted by atomic mass is 10.1. The molecule has 0 N–H and O–H groups in total. The van der Waals surface area contributed by atoms with Crippen LogP contribution in [-0.2, 0) is 29.8 Å². The highest BCUT2D eigenvalue weighted by Crippen LogP contribution is 2.20. The Bertz CT molecular complexity index is 449. The first kappa shape index (κ1) is 18.5. The molecule has 0 aromatic rings. The zero-order valence-electron chi connectivity index (χ0n) is 11.8. The molecular weight excluding hydrogens is 288 g/mol. The van der Waals surface area contributed by atoms with Crippen LogP contribution in [0, 0.1) is 0 Å².